The van der Waals surface area contributed by atoms with Gasteiger partial charge in [-0.25, -0.2) is 0 Å². The third-order valence-electron chi connectivity index (χ3n) is 4.90. The molecule has 0 bridgehead atoms. The van der Waals surface area contributed by atoms with Gasteiger partial charge in [0.05, 0.1) is 11.8 Å². The Bertz CT molecular complexity index is 901. The summed E-state index contributed by atoms with van der Waals surface area (Å²) >= 11 is 1.52. The maximum Gasteiger partial charge on any atom is 0.243 e. The number of carbonyl (C=O) groups is 1. The molecule has 2 aromatic heterocycles. The van der Waals surface area contributed by atoms with E-state index in [1.807, 2.05) is 55.1 Å². The van der Waals surface area contributed by atoms with Crippen LogP contribution >= 0.6 is 11.8 Å². The van der Waals surface area contributed by atoms with Crippen molar-refractivity contribution >= 4 is 23.4 Å². The van der Waals surface area contributed by atoms with E-state index in [0.29, 0.717) is 0 Å². The van der Waals surface area contributed by atoms with Crippen LogP contribution in [0.25, 0.3) is 11.4 Å². The van der Waals surface area contributed by atoms with E-state index in [4.69, 9.17) is 4.42 Å². The summed E-state index contributed by atoms with van der Waals surface area (Å²) in [6.07, 6.45) is 6.01. The predicted molar refractivity (Wildman–Crippen MR) is 101 cm³/mol. The van der Waals surface area contributed by atoms with E-state index < -0.39 is 4.75 Å². The Morgan fingerprint density at radius 1 is 1.23 bits per heavy atom. The van der Waals surface area contributed by atoms with E-state index in [0.717, 1.165) is 41.5 Å². The molecule has 1 amide bonds. The van der Waals surface area contributed by atoms with Gasteiger partial charge < -0.3 is 13.9 Å². The first-order valence-electron chi connectivity index (χ1n) is 8.55. The molecule has 1 fully saturated rings. The Morgan fingerprint density at radius 3 is 2.62 bits per heavy atom. The number of carbonyl (C=O) groups excluding carboxylic acids is 1. The Hall–Kier alpha value is -2.54. The molecule has 1 aliphatic carbocycles. The topological polar surface area (TPSA) is 64.2 Å². The van der Waals surface area contributed by atoms with Crippen molar-refractivity contribution in [1.29, 1.82) is 0 Å². The zero-order valence-corrected chi connectivity index (χ0v) is 15.6. The molecule has 1 saturated carbocycles. The standard InChI is InChI=1S/C19H20N4O2S/c1-22(15-7-4-3-5-8-15)17(24)19(10-6-11-19)26-18-21-20-16(23(18)2)14-9-12-25-13-14/h3-5,7-9,12-13H,6,10-11H2,1-2H3. The molecule has 0 spiro atoms. The first kappa shape index (κ1) is 16.9. The van der Waals surface area contributed by atoms with Crippen LogP contribution < -0.4 is 4.90 Å². The fourth-order valence-electron chi connectivity index (χ4n) is 3.15. The molecule has 1 aliphatic rings. The summed E-state index contributed by atoms with van der Waals surface area (Å²) in [6.45, 7) is 0. The molecule has 3 aromatic rings. The van der Waals surface area contributed by atoms with Gasteiger partial charge in [0.2, 0.25) is 5.91 Å². The molecule has 1 aromatic carbocycles. The lowest BCUT2D eigenvalue weighted by Gasteiger charge is -2.41. The second-order valence-electron chi connectivity index (χ2n) is 6.53. The maximum absolute atomic E-state index is 13.2. The molecule has 4 rings (SSSR count). The highest BCUT2D eigenvalue weighted by molar-refractivity contribution is 8.01. The van der Waals surface area contributed by atoms with Crippen LogP contribution in [0, 0.1) is 0 Å². The SMILES string of the molecule is CN(C(=O)C1(Sc2nnc(-c3ccoc3)n2C)CCC1)c1ccccc1. The normalized spacial score (nSPS) is 15.5. The van der Waals surface area contributed by atoms with E-state index >= 15 is 0 Å². The van der Waals surface area contributed by atoms with E-state index in [1.165, 1.54) is 11.8 Å². The number of amides is 1. The number of hydrogen-bond acceptors (Lipinski definition) is 5. The number of thioether (sulfide) groups is 1. The number of nitrogens with zero attached hydrogens (tertiary/aromatic N) is 4. The van der Waals surface area contributed by atoms with Crippen LogP contribution in [0.2, 0.25) is 0 Å². The highest BCUT2D eigenvalue weighted by Crippen LogP contribution is 2.48. The first-order chi connectivity index (χ1) is 12.6. The summed E-state index contributed by atoms with van der Waals surface area (Å²) in [5, 5.41) is 9.33. The number of benzene rings is 1. The van der Waals surface area contributed by atoms with Crippen LogP contribution in [0.1, 0.15) is 19.3 Å². The van der Waals surface area contributed by atoms with Crippen LogP contribution in [0.4, 0.5) is 5.69 Å². The second-order valence-corrected chi connectivity index (χ2v) is 7.88. The van der Waals surface area contributed by atoms with Crippen LogP contribution in [0.15, 0.2) is 58.5 Å². The lowest BCUT2D eigenvalue weighted by Crippen LogP contribution is -2.50. The monoisotopic (exact) mass is 368 g/mol. The molecule has 0 saturated heterocycles. The largest absolute Gasteiger partial charge is 0.472 e. The van der Waals surface area contributed by atoms with Gasteiger partial charge in [-0.05, 0) is 37.5 Å². The van der Waals surface area contributed by atoms with Gasteiger partial charge in [-0.2, -0.15) is 0 Å². The quantitative estimate of drug-likeness (QED) is 0.686. The minimum Gasteiger partial charge on any atom is -0.472 e. The predicted octanol–water partition coefficient (Wildman–Crippen LogP) is 3.75. The van der Waals surface area contributed by atoms with Gasteiger partial charge >= 0.3 is 0 Å². The van der Waals surface area contributed by atoms with Crippen molar-refractivity contribution in [2.24, 2.45) is 7.05 Å². The molecule has 0 N–H and O–H groups in total. The Balaban J connectivity index is 1.59. The van der Waals surface area contributed by atoms with Crippen molar-refractivity contribution in [3.05, 3.63) is 48.9 Å². The average molecular weight is 368 g/mol. The van der Waals surface area contributed by atoms with E-state index in [1.54, 1.807) is 17.4 Å². The lowest BCUT2D eigenvalue weighted by atomic mass is 9.83. The van der Waals surface area contributed by atoms with Gasteiger partial charge in [-0.3, -0.25) is 4.79 Å². The highest BCUT2D eigenvalue weighted by Gasteiger charge is 2.48. The summed E-state index contributed by atoms with van der Waals surface area (Å²) in [7, 11) is 3.76. The molecule has 26 heavy (non-hydrogen) atoms. The molecular formula is C19H20N4O2S. The van der Waals surface area contributed by atoms with Crippen molar-refractivity contribution in [1.82, 2.24) is 14.8 Å². The minimum atomic E-state index is -0.473. The van der Waals surface area contributed by atoms with Crippen molar-refractivity contribution in [3.8, 4) is 11.4 Å². The van der Waals surface area contributed by atoms with Gasteiger partial charge in [0.25, 0.3) is 0 Å². The second kappa shape index (κ2) is 6.64. The van der Waals surface area contributed by atoms with Gasteiger partial charge in [0, 0.05) is 19.8 Å². The molecule has 7 heteroatoms. The Kier molecular flexibility index (Phi) is 4.32. The van der Waals surface area contributed by atoms with E-state index in [9.17, 15) is 4.79 Å². The Labute approximate surface area is 156 Å². The first-order valence-corrected chi connectivity index (χ1v) is 9.36. The van der Waals surface area contributed by atoms with Crippen LogP contribution in [-0.2, 0) is 11.8 Å². The van der Waals surface area contributed by atoms with Crippen molar-refractivity contribution in [2.45, 2.75) is 29.2 Å². The van der Waals surface area contributed by atoms with Gasteiger partial charge in [-0.15, -0.1) is 10.2 Å². The summed E-state index contributed by atoms with van der Waals surface area (Å²) in [5.41, 5.74) is 1.78. The van der Waals surface area contributed by atoms with Gasteiger partial charge in [0.1, 0.15) is 11.0 Å². The van der Waals surface area contributed by atoms with Crippen LogP contribution in [0.3, 0.4) is 0 Å². The number of furan rings is 1. The molecule has 0 unspecified atom stereocenters. The fourth-order valence-corrected chi connectivity index (χ4v) is 4.53. The van der Waals surface area contributed by atoms with Crippen molar-refractivity contribution in [3.63, 3.8) is 0 Å². The van der Waals surface area contributed by atoms with E-state index in [2.05, 4.69) is 10.2 Å². The zero-order chi connectivity index (χ0) is 18.1. The zero-order valence-electron chi connectivity index (χ0n) is 14.8. The van der Waals surface area contributed by atoms with Crippen molar-refractivity contribution in [2.75, 3.05) is 11.9 Å². The number of aromatic nitrogens is 3. The fraction of sp³-hybridized carbons (Fsp3) is 0.316. The third kappa shape index (κ3) is 2.82. The summed E-state index contributed by atoms with van der Waals surface area (Å²) in [4.78, 5) is 15.0. The smallest absolute Gasteiger partial charge is 0.243 e. The lowest BCUT2D eigenvalue weighted by molar-refractivity contribution is -0.122. The van der Waals surface area contributed by atoms with Gasteiger partial charge in [-0.1, -0.05) is 30.0 Å². The van der Waals surface area contributed by atoms with Crippen LogP contribution in [0.5, 0.6) is 0 Å². The van der Waals surface area contributed by atoms with Crippen molar-refractivity contribution < 1.29 is 9.21 Å². The molecule has 6 nitrogen and oxygen atoms in total. The van der Waals surface area contributed by atoms with Gasteiger partial charge in [0.15, 0.2) is 11.0 Å². The number of rotatable bonds is 5. The molecule has 0 aliphatic heterocycles. The van der Waals surface area contributed by atoms with Crippen LogP contribution in [-0.4, -0.2) is 32.5 Å². The molecular weight excluding hydrogens is 348 g/mol. The molecule has 0 atom stereocenters. The summed E-state index contributed by atoms with van der Waals surface area (Å²) in [5.74, 6) is 0.854. The average Bonchev–Trinajstić information content (AvgIpc) is 3.28. The minimum absolute atomic E-state index is 0.118. The van der Waals surface area contributed by atoms with E-state index in [-0.39, 0.29) is 5.91 Å². The number of para-hydroxylation sites is 1. The highest BCUT2D eigenvalue weighted by atomic mass is 32.2. The summed E-state index contributed by atoms with van der Waals surface area (Å²) < 4.78 is 6.59. The number of hydrogen-bond donors (Lipinski definition) is 0. The summed E-state index contributed by atoms with van der Waals surface area (Å²) in [6, 6.07) is 11.6. The third-order valence-corrected chi connectivity index (χ3v) is 6.41. The Morgan fingerprint density at radius 2 is 2.00 bits per heavy atom. The maximum atomic E-state index is 13.2. The molecule has 2 heterocycles. The number of anilines is 1. The molecule has 134 valence electrons. The molecule has 0 radical (unpaired) electrons.